The lowest BCUT2D eigenvalue weighted by Gasteiger charge is -2.14. The van der Waals surface area contributed by atoms with E-state index in [1.54, 1.807) is 6.07 Å². The lowest BCUT2D eigenvalue weighted by atomic mass is 10.1. The smallest absolute Gasteiger partial charge is 0.416 e. The fraction of sp³-hybridized carbons (Fsp3) is 0.222. The summed E-state index contributed by atoms with van der Waals surface area (Å²) in [5, 5.41) is 30.3. The van der Waals surface area contributed by atoms with Gasteiger partial charge in [0, 0.05) is 23.5 Å². The number of imidazole rings is 1. The van der Waals surface area contributed by atoms with E-state index in [0.29, 0.717) is 17.4 Å². The van der Waals surface area contributed by atoms with Crippen molar-refractivity contribution in [1.82, 2.24) is 14.6 Å². The maximum Gasteiger partial charge on any atom is 0.416 e. The van der Waals surface area contributed by atoms with Crippen LogP contribution in [0.4, 0.5) is 40.8 Å². The summed E-state index contributed by atoms with van der Waals surface area (Å²) in [7, 11) is 0. The van der Waals surface area contributed by atoms with Gasteiger partial charge in [0.2, 0.25) is 0 Å². The number of rotatable bonds is 5. The SMILES string of the molecule is N#Cc1cnc2c(NC3CC3)cc(Nc3cc(NC(=O)O)cc(C(F)(F)F)c3)nn12. The maximum absolute atomic E-state index is 13.2. The average molecular weight is 417 g/mol. The standard InChI is InChI=1S/C18H14F3N7O2/c19-18(20,21)9-3-11(5-12(4-9)26-17(29)30)25-15-6-14(24-10-1-2-10)16-23-8-13(7-22)28(16)27-15/h3-6,8,10,24,26H,1-2H2,(H,25,27)(H,29,30). The molecule has 0 radical (unpaired) electrons. The van der Waals surface area contributed by atoms with Crippen LogP contribution in [-0.4, -0.2) is 31.8 Å². The number of carbonyl (C=O) groups is 1. The molecule has 4 N–H and O–H groups in total. The molecule has 1 aliphatic rings. The number of hydrogen-bond donors (Lipinski definition) is 4. The number of alkyl halides is 3. The van der Waals surface area contributed by atoms with E-state index in [9.17, 15) is 23.2 Å². The van der Waals surface area contributed by atoms with Gasteiger partial charge in [0.25, 0.3) is 0 Å². The molecule has 0 spiro atoms. The number of halogens is 3. The Morgan fingerprint density at radius 3 is 2.60 bits per heavy atom. The van der Waals surface area contributed by atoms with E-state index in [4.69, 9.17) is 5.11 Å². The van der Waals surface area contributed by atoms with Gasteiger partial charge in [-0.05, 0) is 31.0 Å². The molecule has 2 heterocycles. The zero-order chi connectivity index (χ0) is 21.5. The Morgan fingerprint density at radius 2 is 1.97 bits per heavy atom. The van der Waals surface area contributed by atoms with Gasteiger partial charge in [0.05, 0.1) is 17.4 Å². The first-order chi connectivity index (χ1) is 14.2. The topological polar surface area (TPSA) is 127 Å². The second-order valence-electron chi connectivity index (χ2n) is 6.70. The molecule has 30 heavy (non-hydrogen) atoms. The van der Waals surface area contributed by atoms with E-state index in [1.807, 2.05) is 11.4 Å². The van der Waals surface area contributed by atoms with Crippen LogP contribution in [0.3, 0.4) is 0 Å². The fourth-order valence-corrected chi connectivity index (χ4v) is 2.87. The molecule has 1 saturated carbocycles. The Bertz CT molecular complexity index is 1180. The monoisotopic (exact) mass is 417 g/mol. The van der Waals surface area contributed by atoms with Crippen molar-refractivity contribution in [3.05, 3.63) is 41.7 Å². The first-order valence-electron chi connectivity index (χ1n) is 8.77. The summed E-state index contributed by atoms with van der Waals surface area (Å²) in [6, 6.07) is 6.53. The van der Waals surface area contributed by atoms with Crippen LogP contribution in [0.1, 0.15) is 24.1 Å². The number of hydrogen-bond acceptors (Lipinski definition) is 6. The van der Waals surface area contributed by atoms with Crippen molar-refractivity contribution >= 4 is 34.6 Å². The van der Waals surface area contributed by atoms with Crippen molar-refractivity contribution in [2.75, 3.05) is 16.0 Å². The van der Waals surface area contributed by atoms with Gasteiger partial charge < -0.3 is 15.7 Å². The second kappa shape index (κ2) is 7.11. The first kappa shape index (κ1) is 19.3. The summed E-state index contributed by atoms with van der Waals surface area (Å²) in [6.07, 6.45) is -2.88. The summed E-state index contributed by atoms with van der Waals surface area (Å²) < 4.78 is 41.0. The number of nitriles is 1. The normalized spacial score (nSPS) is 13.7. The third-order valence-corrected chi connectivity index (χ3v) is 4.30. The number of carboxylic acid groups (broad SMARTS) is 1. The Labute approximate surface area is 167 Å². The van der Waals surface area contributed by atoms with Crippen LogP contribution < -0.4 is 16.0 Å². The molecule has 0 bridgehead atoms. The van der Waals surface area contributed by atoms with Crippen LogP contribution in [0.5, 0.6) is 0 Å². The van der Waals surface area contributed by atoms with Crippen LogP contribution in [0, 0.1) is 11.3 Å². The van der Waals surface area contributed by atoms with Crippen molar-refractivity contribution in [3.63, 3.8) is 0 Å². The van der Waals surface area contributed by atoms with Gasteiger partial charge in [-0.3, -0.25) is 5.32 Å². The summed E-state index contributed by atoms with van der Waals surface area (Å²) >= 11 is 0. The highest BCUT2D eigenvalue weighted by atomic mass is 19.4. The number of anilines is 4. The van der Waals surface area contributed by atoms with Crippen LogP contribution in [-0.2, 0) is 6.18 Å². The van der Waals surface area contributed by atoms with Gasteiger partial charge in [0.1, 0.15) is 6.07 Å². The molecule has 4 rings (SSSR count). The predicted octanol–water partition coefficient (Wildman–Crippen LogP) is 4.03. The van der Waals surface area contributed by atoms with Crippen LogP contribution in [0.25, 0.3) is 5.65 Å². The van der Waals surface area contributed by atoms with Gasteiger partial charge >= 0.3 is 12.3 Å². The van der Waals surface area contributed by atoms with Crippen molar-refractivity contribution in [3.8, 4) is 6.07 Å². The van der Waals surface area contributed by atoms with Gasteiger partial charge in [0.15, 0.2) is 17.2 Å². The Hall–Kier alpha value is -4.01. The molecule has 154 valence electrons. The van der Waals surface area contributed by atoms with E-state index >= 15 is 0 Å². The molecule has 2 aromatic heterocycles. The van der Waals surface area contributed by atoms with Gasteiger partial charge in [-0.2, -0.15) is 22.9 Å². The molecule has 1 amide bonds. The minimum atomic E-state index is -4.68. The molecule has 0 unspecified atom stereocenters. The van der Waals surface area contributed by atoms with Crippen molar-refractivity contribution in [2.24, 2.45) is 0 Å². The minimum absolute atomic E-state index is 0.0311. The Balaban J connectivity index is 1.76. The average Bonchev–Trinajstić information content (AvgIpc) is 3.37. The van der Waals surface area contributed by atoms with Crippen LogP contribution in [0.2, 0.25) is 0 Å². The molecule has 12 heteroatoms. The van der Waals surface area contributed by atoms with E-state index in [2.05, 4.69) is 20.7 Å². The molecule has 1 fully saturated rings. The lowest BCUT2D eigenvalue weighted by molar-refractivity contribution is -0.137. The maximum atomic E-state index is 13.2. The third kappa shape index (κ3) is 4.04. The highest BCUT2D eigenvalue weighted by Gasteiger charge is 2.31. The highest BCUT2D eigenvalue weighted by molar-refractivity contribution is 5.84. The van der Waals surface area contributed by atoms with E-state index in [1.165, 1.54) is 16.8 Å². The number of amides is 1. The Morgan fingerprint density at radius 1 is 1.23 bits per heavy atom. The molecule has 1 aliphatic carbocycles. The summed E-state index contributed by atoms with van der Waals surface area (Å²) in [5.41, 5.74) is -0.165. The van der Waals surface area contributed by atoms with E-state index in [0.717, 1.165) is 18.9 Å². The zero-order valence-corrected chi connectivity index (χ0v) is 15.2. The molecule has 0 saturated heterocycles. The fourth-order valence-electron chi connectivity index (χ4n) is 2.87. The number of benzene rings is 1. The van der Waals surface area contributed by atoms with Crippen LogP contribution >= 0.6 is 0 Å². The molecule has 3 aromatic rings. The van der Waals surface area contributed by atoms with Crippen molar-refractivity contribution < 1.29 is 23.1 Å². The predicted molar refractivity (Wildman–Crippen MR) is 101 cm³/mol. The number of fused-ring (bicyclic) bond motifs is 1. The molecule has 0 atom stereocenters. The summed E-state index contributed by atoms with van der Waals surface area (Å²) in [6.45, 7) is 0. The Kier molecular flexibility index (Phi) is 4.57. The summed E-state index contributed by atoms with van der Waals surface area (Å²) in [4.78, 5) is 15.0. The zero-order valence-electron chi connectivity index (χ0n) is 15.2. The largest absolute Gasteiger partial charge is 0.465 e. The third-order valence-electron chi connectivity index (χ3n) is 4.30. The molecular weight excluding hydrogens is 403 g/mol. The lowest BCUT2D eigenvalue weighted by Crippen LogP contribution is -2.11. The molecular formula is C18H14F3N7O2. The second-order valence-corrected chi connectivity index (χ2v) is 6.70. The molecule has 9 nitrogen and oxygen atoms in total. The first-order valence-corrected chi connectivity index (χ1v) is 8.77. The van der Waals surface area contributed by atoms with Gasteiger partial charge in [-0.15, -0.1) is 5.10 Å². The summed E-state index contributed by atoms with van der Waals surface area (Å²) in [5.74, 6) is 0.153. The van der Waals surface area contributed by atoms with Gasteiger partial charge in [-0.1, -0.05) is 0 Å². The van der Waals surface area contributed by atoms with Crippen molar-refractivity contribution in [1.29, 1.82) is 5.26 Å². The molecule has 0 aliphatic heterocycles. The molecule has 1 aromatic carbocycles. The number of nitrogens with zero attached hydrogens (tertiary/aromatic N) is 4. The quantitative estimate of drug-likeness (QED) is 0.494. The highest BCUT2D eigenvalue weighted by Crippen LogP contribution is 2.35. The number of aromatic nitrogens is 3. The van der Waals surface area contributed by atoms with Gasteiger partial charge in [-0.25, -0.2) is 9.78 Å². The number of nitrogens with one attached hydrogen (secondary N) is 3. The van der Waals surface area contributed by atoms with Crippen LogP contribution in [0.15, 0.2) is 30.5 Å². The van der Waals surface area contributed by atoms with Crippen molar-refractivity contribution in [2.45, 2.75) is 25.1 Å². The van der Waals surface area contributed by atoms with E-state index < -0.39 is 17.8 Å². The minimum Gasteiger partial charge on any atom is -0.465 e. The van der Waals surface area contributed by atoms with E-state index in [-0.39, 0.29) is 28.9 Å².